The molecule has 0 radical (unpaired) electrons. The molecule has 2 rings (SSSR count). The van der Waals surface area contributed by atoms with Crippen LogP contribution >= 0.6 is 0 Å². The van der Waals surface area contributed by atoms with Crippen LogP contribution in [-0.4, -0.2) is 9.67 Å². The molecule has 0 aliphatic rings. The first-order valence-corrected chi connectivity index (χ1v) is 6.33. The van der Waals surface area contributed by atoms with Gasteiger partial charge in [0, 0.05) is 25.0 Å². The smallest absolute Gasteiger partial charge is 0.0681 e. The Morgan fingerprint density at radius 3 is 2.44 bits per heavy atom. The first-order valence-electron chi connectivity index (χ1n) is 6.33. The van der Waals surface area contributed by atoms with Gasteiger partial charge >= 0.3 is 0 Å². The van der Waals surface area contributed by atoms with Crippen molar-refractivity contribution in [3.05, 3.63) is 59.4 Å². The maximum atomic E-state index is 8.99. The summed E-state index contributed by atoms with van der Waals surface area (Å²) >= 11 is 0. The Hall–Kier alpha value is -1.58. The van der Waals surface area contributed by atoms with Crippen LogP contribution in [0.2, 0.25) is 0 Å². The Bertz CT molecular complexity index is 487. The fourth-order valence-corrected chi connectivity index (χ4v) is 1.97. The van der Waals surface area contributed by atoms with Crippen LogP contribution in [0.15, 0.2) is 42.7 Å². The fourth-order valence-electron chi connectivity index (χ4n) is 1.97. The predicted octanol–water partition coefficient (Wildman–Crippen LogP) is 2.44. The molecule has 1 heterocycles. The molecule has 3 N–H and O–H groups in total. The van der Waals surface area contributed by atoms with E-state index in [2.05, 4.69) is 30.0 Å². The van der Waals surface area contributed by atoms with Crippen molar-refractivity contribution in [2.75, 3.05) is 0 Å². The van der Waals surface area contributed by atoms with Crippen molar-refractivity contribution < 1.29 is 5.11 Å². The molecule has 3 nitrogen and oxygen atoms in total. The zero-order chi connectivity index (χ0) is 13.0. The minimum atomic E-state index is 0.0965. The van der Waals surface area contributed by atoms with Crippen LogP contribution in [0.1, 0.15) is 36.1 Å². The lowest BCUT2D eigenvalue weighted by molar-refractivity contribution is 0.282. The van der Waals surface area contributed by atoms with E-state index in [1.165, 1.54) is 11.1 Å². The summed E-state index contributed by atoms with van der Waals surface area (Å²) in [6.45, 7) is 3.02. The van der Waals surface area contributed by atoms with Crippen molar-refractivity contribution in [1.82, 2.24) is 4.57 Å². The standard InChI is InChI=1S/C15H20N2O/c1-2-15(16)14-7-8-17(10-14)9-12-3-5-13(11-18)6-4-12/h3-8,10,15,18H,2,9,11,16H2,1H3. The summed E-state index contributed by atoms with van der Waals surface area (Å²) in [5.74, 6) is 0. The van der Waals surface area contributed by atoms with Crippen molar-refractivity contribution in [2.45, 2.75) is 32.5 Å². The van der Waals surface area contributed by atoms with Gasteiger partial charge in [-0.1, -0.05) is 31.2 Å². The lowest BCUT2D eigenvalue weighted by Gasteiger charge is -2.06. The average molecular weight is 244 g/mol. The lowest BCUT2D eigenvalue weighted by Crippen LogP contribution is -2.07. The second-order valence-corrected chi connectivity index (χ2v) is 4.61. The summed E-state index contributed by atoms with van der Waals surface area (Å²) in [6.07, 6.45) is 5.12. The van der Waals surface area contributed by atoms with Crippen molar-refractivity contribution in [1.29, 1.82) is 0 Å². The van der Waals surface area contributed by atoms with Crippen LogP contribution in [0.5, 0.6) is 0 Å². The maximum absolute atomic E-state index is 8.99. The molecule has 18 heavy (non-hydrogen) atoms. The quantitative estimate of drug-likeness (QED) is 0.848. The topological polar surface area (TPSA) is 51.2 Å². The Labute approximate surface area is 108 Å². The van der Waals surface area contributed by atoms with Crippen molar-refractivity contribution in [3.63, 3.8) is 0 Å². The summed E-state index contributed by atoms with van der Waals surface area (Å²) in [5, 5.41) is 8.99. The van der Waals surface area contributed by atoms with Gasteiger partial charge < -0.3 is 15.4 Å². The second-order valence-electron chi connectivity index (χ2n) is 4.61. The Balaban J connectivity index is 2.06. The van der Waals surface area contributed by atoms with E-state index in [0.717, 1.165) is 18.5 Å². The predicted molar refractivity (Wildman–Crippen MR) is 73.1 cm³/mol. The number of nitrogens with zero attached hydrogens (tertiary/aromatic N) is 1. The molecule has 0 spiro atoms. The molecule has 1 aromatic carbocycles. The number of nitrogens with two attached hydrogens (primary N) is 1. The van der Waals surface area contributed by atoms with Crippen LogP contribution in [0.4, 0.5) is 0 Å². The number of aromatic nitrogens is 1. The van der Waals surface area contributed by atoms with Crippen LogP contribution < -0.4 is 5.73 Å². The number of hydrogen-bond donors (Lipinski definition) is 2. The van der Waals surface area contributed by atoms with E-state index in [-0.39, 0.29) is 12.6 Å². The van der Waals surface area contributed by atoms with Gasteiger partial charge in [0.05, 0.1) is 6.61 Å². The molecular formula is C15H20N2O. The molecule has 0 amide bonds. The van der Waals surface area contributed by atoms with Crippen molar-refractivity contribution >= 4 is 0 Å². The third-order valence-corrected chi connectivity index (χ3v) is 3.21. The van der Waals surface area contributed by atoms with Crippen LogP contribution in [0.3, 0.4) is 0 Å². The van der Waals surface area contributed by atoms with Crippen LogP contribution in [0, 0.1) is 0 Å². The minimum Gasteiger partial charge on any atom is -0.392 e. The molecule has 0 saturated carbocycles. The normalized spacial score (nSPS) is 12.6. The SMILES string of the molecule is CCC(N)c1ccn(Cc2ccc(CO)cc2)c1. The van der Waals surface area contributed by atoms with E-state index in [0.29, 0.717) is 0 Å². The highest BCUT2D eigenvalue weighted by molar-refractivity contribution is 5.23. The zero-order valence-electron chi connectivity index (χ0n) is 10.7. The van der Waals surface area contributed by atoms with E-state index < -0.39 is 0 Å². The van der Waals surface area contributed by atoms with Crippen LogP contribution in [-0.2, 0) is 13.2 Å². The van der Waals surface area contributed by atoms with Crippen molar-refractivity contribution in [2.24, 2.45) is 5.73 Å². The van der Waals surface area contributed by atoms with E-state index in [4.69, 9.17) is 10.8 Å². The molecule has 96 valence electrons. The second kappa shape index (κ2) is 5.85. The molecule has 3 heteroatoms. The van der Waals surface area contributed by atoms with Crippen LogP contribution in [0.25, 0.3) is 0 Å². The largest absolute Gasteiger partial charge is 0.392 e. The first-order chi connectivity index (χ1) is 8.72. The van der Waals surface area contributed by atoms with Gasteiger partial charge in [-0.3, -0.25) is 0 Å². The summed E-state index contributed by atoms with van der Waals surface area (Å²) < 4.78 is 2.14. The number of benzene rings is 1. The summed E-state index contributed by atoms with van der Waals surface area (Å²) in [7, 11) is 0. The van der Waals surface area contributed by atoms with Gasteiger partial charge in [-0.15, -0.1) is 0 Å². The van der Waals surface area contributed by atoms with Gasteiger partial charge in [0.2, 0.25) is 0 Å². The monoisotopic (exact) mass is 244 g/mol. The summed E-state index contributed by atoms with van der Waals surface area (Å²) in [6, 6.07) is 10.2. The maximum Gasteiger partial charge on any atom is 0.0681 e. The minimum absolute atomic E-state index is 0.0965. The molecule has 1 atom stereocenters. The van der Waals surface area contributed by atoms with Crippen molar-refractivity contribution in [3.8, 4) is 0 Å². The highest BCUT2D eigenvalue weighted by atomic mass is 16.3. The fraction of sp³-hybridized carbons (Fsp3) is 0.333. The Morgan fingerprint density at radius 1 is 1.17 bits per heavy atom. The number of rotatable bonds is 5. The molecule has 0 saturated heterocycles. The summed E-state index contributed by atoms with van der Waals surface area (Å²) in [5.41, 5.74) is 9.35. The molecule has 1 aromatic heterocycles. The molecule has 0 fully saturated rings. The molecule has 0 aliphatic heterocycles. The van der Waals surface area contributed by atoms with Gasteiger partial charge in [-0.2, -0.15) is 0 Å². The molecule has 2 aromatic rings. The average Bonchev–Trinajstić information content (AvgIpc) is 2.87. The van der Waals surface area contributed by atoms with Gasteiger partial charge in [0.1, 0.15) is 0 Å². The molecular weight excluding hydrogens is 224 g/mol. The Morgan fingerprint density at radius 2 is 1.83 bits per heavy atom. The third kappa shape index (κ3) is 3.00. The lowest BCUT2D eigenvalue weighted by atomic mass is 10.1. The highest BCUT2D eigenvalue weighted by Crippen LogP contribution is 2.15. The summed E-state index contributed by atoms with van der Waals surface area (Å²) in [4.78, 5) is 0. The van der Waals surface area contributed by atoms with Gasteiger partial charge in [-0.25, -0.2) is 0 Å². The third-order valence-electron chi connectivity index (χ3n) is 3.21. The molecule has 0 aliphatic carbocycles. The molecule has 1 unspecified atom stereocenters. The van der Waals surface area contributed by atoms with Gasteiger partial charge in [-0.05, 0) is 29.2 Å². The van der Waals surface area contributed by atoms with E-state index >= 15 is 0 Å². The van der Waals surface area contributed by atoms with Gasteiger partial charge in [0.15, 0.2) is 0 Å². The number of aliphatic hydroxyl groups is 1. The highest BCUT2D eigenvalue weighted by Gasteiger charge is 2.05. The number of aliphatic hydroxyl groups excluding tert-OH is 1. The van der Waals surface area contributed by atoms with E-state index in [1.54, 1.807) is 0 Å². The first kappa shape index (κ1) is 12.9. The van der Waals surface area contributed by atoms with Gasteiger partial charge in [0.25, 0.3) is 0 Å². The molecule has 0 bridgehead atoms. The van der Waals surface area contributed by atoms with E-state index in [1.807, 2.05) is 24.3 Å². The van der Waals surface area contributed by atoms with E-state index in [9.17, 15) is 0 Å². The zero-order valence-corrected chi connectivity index (χ0v) is 10.7. The Kier molecular flexibility index (Phi) is 4.18. The number of hydrogen-bond acceptors (Lipinski definition) is 2.